The summed E-state index contributed by atoms with van der Waals surface area (Å²) in [5.74, 6) is 0. The van der Waals surface area contributed by atoms with E-state index in [9.17, 15) is 0 Å². The largest absolute Gasteiger partial charge is 0.330 e. The summed E-state index contributed by atoms with van der Waals surface area (Å²) >= 11 is 1.80. The second-order valence-electron chi connectivity index (χ2n) is 3.58. The normalized spacial score (nSPS) is 20.5. The highest BCUT2D eigenvalue weighted by Crippen LogP contribution is 2.44. The average Bonchev–Trinajstić information content (AvgIpc) is 2.35. The van der Waals surface area contributed by atoms with Crippen molar-refractivity contribution in [2.24, 2.45) is 5.73 Å². The number of nitrogens with zero attached hydrogens (tertiary/aromatic N) is 1. The second-order valence-corrected chi connectivity index (χ2v) is 4.82. The van der Waals surface area contributed by atoms with Gasteiger partial charge in [-0.05, 0) is 19.8 Å². The molecule has 3 heteroatoms. The summed E-state index contributed by atoms with van der Waals surface area (Å²) in [4.78, 5) is 5.67. The van der Waals surface area contributed by atoms with Gasteiger partial charge in [-0.2, -0.15) is 0 Å². The highest BCUT2D eigenvalue weighted by Gasteiger charge is 2.38. The Bertz CT molecular complexity index is 270. The van der Waals surface area contributed by atoms with Gasteiger partial charge in [0.25, 0.3) is 0 Å². The minimum Gasteiger partial charge on any atom is -0.330 e. The summed E-state index contributed by atoms with van der Waals surface area (Å²) in [6.07, 6.45) is 5.84. The van der Waals surface area contributed by atoms with E-state index in [2.05, 4.69) is 11.9 Å². The molecule has 12 heavy (non-hydrogen) atoms. The van der Waals surface area contributed by atoms with Crippen molar-refractivity contribution < 1.29 is 0 Å². The summed E-state index contributed by atoms with van der Waals surface area (Å²) in [6, 6.07) is 0. The summed E-state index contributed by atoms with van der Waals surface area (Å²) in [6.45, 7) is 2.84. The fourth-order valence-electron chi connectivity index (χ4n) is 1.76. The SMILES string of the molecule is Cc1ncc(C2(CN)CCC2)s1. The van der Waals surface area contributed by atoms with Crippen molar-refractivity contribution in [1.82, 2.24) is 4.98 Å². The molecule has 1 aromatic rings. The van der Waals surface area contributed by atoms with Gasteiger partial charge in [0.2, 0.25) is 0 Å². The summed E-state index contributed by atoms with van der Waals surface area (Å²) < 4.78 is 0. The van der Waals surface area contributed by atoms with Crippen molar-refractivity contribution in [2.45, 2.75) is 31.6 Å². The zero-order valence-corrected chi connectivity index (χ0v) is 8.16. The standard InChI is InChI=1S/C9H14N2S/c1-7-11-5-8(12-7)9(6-10)3-2-4-9/h5H,2-4,6,10H2,1H3. The van der Waals surface area contributed by atoms with Crippen molar-refractivity contribution in [1.29, 1.82) is 0 Å². The fraction of sp³-hybridized carbons (Fsp3) is 0.667. The minimum atomic E-state index is 0.311. The number of aromatic nitrogens is 1. The minimum absolute atomic E-state index is 0.311. The van der Waals surface area contributed by atoms with Gasteiger partial charge in [0.05, 0.1) is 5.01 Å². The van der Waals surface area contributed by atoms with Gasteiger partial charge in [0.1, 0.15) is 0 Å². The molecule has 0 amide bonds. The van der Waals surface area contributed by atoms with Gasteiger partial charge in [-0.3, -0.25) is 0 Å². The van der Waals surface area contributed by atoms with Crippen LogP contribution in [0, 0.1) is 6.92 Å². The summed E-state index contributed by atoms with van der Waals surface area (Å²) in [7, 11) is 0. The van der Waals surface area contributed by atoms with Crippen LogP contribution in [0.25, 0.3) is 0 Å². The molecule has 2 N–H and O–H groups in total. The van der Waals surface area contributed by atoms with E-state index in [1.807, 2.05) is 6.20 Å². The van der Waals surface area contributed by atoms with E-state index in [-0.39, 0.29) is 0 Å². The van der Waals surface area contributed by atoms with Crippen LogP contribution >= 0.6 is 11.3 Å². The quantitative estimate of drug-likeness (QED) is 0.758. The maximum absolute atomic E-state index is 5.79. The molecule has 0 aromatic carbocycles. The molecule has 0 aliphatic heterocycles. The van der Waals surface area contributed by atoms with Crippen LogP contribution in [0.3, 0.4) is 0 Å². The third-order valence-electron chi connectivity index (χ3n) is 2.85. The van der Waals surface area contributed by atoms with Crippen LogP contribution in [0.2, 0.25) is 0 Å². The Morgan fingerprint density at radius 3 is 2.75 bits per heavy atom. The molecule has 1 fully saturated rings. The third kappa shape index (κ3) is 1.08. The van der Waals surface area contributed by atoms with Crippen LogP contribution in [-0.2, 0) is 5.41 Å². The lowest BCUT2D eigenvalue weighted by molar-refractivity contribution is 0.258. The molecule has 0 atom stereocenters. The molecule has 0 saturated heterocycles. The fourth-order valence-corrected chi connectivity index (χ4v) is 2.79. The van der Waals surface area contributed by atoms with E-state index < -0.39 is 0 Å². The van der Waals surface area contributed by atoms with Crippen molar-refractivity contribution in [2.75, 3.05) is 6.54 Å². The number of thiazole rings is 1. The molecular weight excluding hydrogens is 168 g/mol. The molecule has 0 radical (unpaired) electrons. The average molecular weight is 182 g/mol. The van der Waals surface area contributed by atoms with Gasteiger partial charge in [-0.1, -0.05) is 6.42 Å². The van der Waals surface area contributed by atoms with Crippen molar-refractivity contribution >= 4 is 11.3 Å². The van der Waals surface area contributed by atoms with Gasteiger partial charge < -0.3 is 5.73 Å². The Kier molecular flexibility index (Phi) is 1.93. The number of hydrogen-bond donors (Lipinski definition) is 1. The highest BCUT2D eigenvalue weighted by atomic mass is 32.1. The van der Waals surface area contributed by atoms with E-state index in [0.717, 1.165) is 11.6 Å². The zero-order chi connectivity index (χ0) is 8.60. The number of hydrogen-bond acceptors (Lipinski definition) is 3. The summed E-state index contributed by atoms with van der Waals surface area (Å²) in [5.41, 5.74) is 6.10. The lowest BCUT2D eigenvalue weighted by atomic mass is 9.68. The van der Waals surface area contributed by atoms with Crippen molar-refractivity contribution in [3.8, 4) is 0 Å². The predicted octanol–water partition coefficient (Wildman–Crippen LogP) is 1.83. The van der Waals surface area contributed by atoms with Crippen LogP contribution in [0.1, 0.15) is 29.1 Å². The van der Waals surface area contributed by atoms with Crippen LogP contribution in [-0.4, -0.2) is 11.5 Å². The molecule has 2 rings (SSSR count). The maximum atomic E-state index is 5.79. The lowest BCUT2D eigenvalue weighted by Crippen LogP contribution is -2.40. The van der Waals surface area contributed by atoms with Gasteiger partial charge in [0, 0.05) is 23.0 Å². The van der Waals surface area contributed by atoms with Gasteiger partial charge in [0.15, 0.2) is 0 Å². The van der Waals surface area contributed by atoms with Crippen LogP contribution in [0.5, 0.6) is 0 Å². The van der Waals surface area contributed by atoms with Crippen LogP contribution < -0.4 is 5.73 Å². The van der Waals surface area contributed by atoms with Gasteiger partial charge >= 0.3 is 0 Å². The number of nitrogens with two attached hydrogens (primary N) is 1. The topological polar surface area (TPSA) is 38.9 Å². The number of rotatable bonds is 2. The Morgan fingerprint density at radius 2 is 2.42 bits per heavy atom. The third-order valence-corrected chi connectivity index (χ3v) is 4.00. The first-order valence-electron chi connectivity index (χ1n) is 4.40. The van der Waals surface area contributed by atoms with Crippen LogP contribution in [0.15, 0.2) is 6.20 Å². The van der Waals surface area contributed by atoms with E-state index in [1.165, 1.54) is 24.1 Å². The predicted molar refractivity (Wildman–Crippen MR) is 51.4 cm³/mol. The van der Waals surface area contributed by atoms with Crippen molar-refractivity contribution in [3.05, 3.63) is 16.1 Å². The van der Waals surface area contributed by atoms with E-state index in [4.69, 9.17) is 5.73 Å². The Hall–Kier alpha value is -0.410. The van der Waals surface area contributed by atoms with E-state index in [0.29, 0.717) is 5.41 Å². The first-order valence-corrected chi connectivity index (χ1v) is 5.21. The molecular formula is C9H14N2S. The van der Waals surface area contributed by atoms with Gasteiger partial charge in [-0.15, -0.1) is 11.3 Å². The second kappa shape index (κ2) is 2.82. The Balaban J connectivity index is 2.27. The Labute approximate surface area is 76.8 Å². The van der Waals surface area contributed by atoms with E-state index >= 15 is 0 Å². The molecule has 0 spiro atoms. The molecule has 1 aliphatic rings. The monoisotopic (exact) mass is 182 g/mol. The highest BCUT2D eigenvalue weighted by molar-refractivity contribution is 7.11. The molecule has 1 aliphatic carbocycles. The van der Waals surface area contributed by atoms with Crippen molar-refractivity contribution in [3.63, 3.8) is 0 Å². The lowest BCUT2D eigenvalue weighted by Gasteiger charge is -2.39. The first-order chi connectivity index (χ1) is 5.77. The molecule has 1 aromatic heterocycles. The zero-order valence-electron chi connectivity index (χ0n) is 7.34. The summed E-state index contributed by atoms with van der Waals surface area (Å²) in [5, 5.41) is 1.16. The first kappa shape index (κ1) is 8.20. The molecule has 1 heterocycles. The smallest absolute Gasteiger partial charge is 0.0896 e. The van der Waals surface area contributed by atoms with E-state index in [1.54, 1.807) is 11.3 Å². The van der Waals surface area contributed by atoms with Gasteiger partial charge in [-0.25, -0.2) is 4.98 Å². The van der Waals surface area contributed by atoms with Crippen LogP contribution in [0.4, 0.5) is 0 Å². The molecule has 1 saturated carbocycles. The molecule has 0 unspecified atom stereocenters. The number of aryl methyl sites for hydroxylation is 1. The molecule has 0 bridgehead atoms. The maximum Gasteiger partial charge on any atom is 0.0896 e. The molecule has 2 nitrogen and oxygen atoms in total. The molecule has 66 valence electrons. The Morgan fingerprint density at radius 1 is 1.67 bits per heavy atom.